The number of rotatable bonds is 3. The summed E-state index contributed by atoms with van der Waals surface area (Å²) >= 11 is 0. The number of allylic oxidation sites excluding steroid dienone is 1. The molecule has 3 N–H and O–H groups in total. The zero-order valence-corrected chi connectivity index (χ0v) is 6.42. The van der Waals surface area contributed by atoms with Gasteiger partial charge in [0.15, 0.2) is 0 Å². The number of carboxylic acids is 1. The van der Waals surface area contributed by atoms with Crippen LogP contribution in [0.15, 0.2) is 11.6 Å². The molecule has 0 bridgehead atoms. The van der Waals surface area contributed by atoms with Gasteiger partial charge in [-0.05, 0) is 19.3 Å². The molecule has 0 heterocycles. The molecule has 11 heavy (non-hydrogen) atoms. The lowest BCUT2D eigenvalue weighted by atomic mass is 10.1. The maximum atomic E-state index is 10.3. The normalized spacial score (nSPS) is 19.5. The third-order valence-corrected chi connectivity index (χ3v) is 1.95. The molecule has 0 aromatic rings. The van der Waals surface area contributed by atoms with Crippen LogP contribution in [0.5, 0.6) is 0 Å². The van der Waals surface area contributed by atoms with E-state index in [9.17, 15) is 4.79 Å². The predicted molar refractivity (Wildman–Crippen MR) is 42.2 cm³/mol. The Morgan fingerprint density at radius 2 is 2.55 bits per heavy atom. The van der Waals surface area contributed by atoms with E-state index >= 15 is 0 Å². The number of hydrogen-bond donors (Lipinski definition) is 2. The van der Waals surface area contributed by atoms with Gasteiger partial charge in [0.2, 0.25) is 0 Å². The van der Waals surface area contributed by atoms with Crippen molar-refractivity contribution in [2.45, 2.75) is 31.7 Å². The molecule has 62 valence electrons. The average Bonchev–Trinajstić information content (AvgIpc) is 2.35. The third kappa shape index (κ3) is 2.35. The van der Waals surface area contributed by atoms with E-state index in [1.165, 1.54) is 0 Å². The van der Waals surface area contributed by atoms with Crippen LogP contribution in [-0.2, 0) is 4.79 Å². The Morgan fingerprint density at radius 3 is 3.00 bits per heavy atom. The van der Waals surface area contributed by atoms with Crippen molar-refractivity contribution in [2.75, 3.05) is 0 Å². The summed E-state index contributed by atoms with van der Waals surface area (Å²) < 4.78 is 0. The molecule has 1 aliphatic carbocycles. The van der Waals surface area contributed by atoms with Crippen molar-refractivity contribution in [2.24, 2.45) is 5.73 Å². The lowest BCUT2D eigenvalue weighted by Gasteiger charge is -2.08. The van der Waals surface area contributed by atoms with E-state index in [4.69, 9.17) is 10.8 Å². The lowest BCUT2D eigenvalue weighted by molar-refractivity contribution is -0.137. The molecule has 1 aliphatic rings. The highest BCUT2D eigenvalue weighted by Gasteiger charge is 2.15. The molecular formula is C8H13NO2. The fourth-order valence-corrected chi connectivity index (χ4v) is 1.35. The van der Waals surface area contributed by atoms with Gasteiger partial charge in [-0.25, -0.2) is 0 Å². The monoisotopic (exact) mass is 155 g/mol. The Bertz CT molecular complexity index is 187. The summed E-state index contributed by atoms with van der Waals surface area (Å²) in [6, 6.07) is -0.255. The minimum atomic E-state index is -0.815. The van der Waals surface area contributed by atoms with Crippen LogP contribution in [-0.4, -0.2) is 17.1 Å². The molecule has 0 fully saturated rings. The molecule has 3 nitrogen and oxygen atoms in total. The van der Waals surface area contributed by atoms with Gasteiger partial charge in [0, 0.05) is 6.04 Å². The first-order valence-electron chi connectivity index (χ1n) is 3.86. The number of aliphatic carboxylic acids is 1. The van der Waals surface area contributed by atoms with E-state index in [0.29, 0.717) is 0 Å². The highest BCUT2D eigenvalue weighted by molar-refractivity contribution is 5.68. The van der Waals surface area contributed by atoms with E-state index in [1.807, 2.05) is 0 Å². The summed E-state index contributed by atoms with van der Waals surface area (Å²) in [7, 11) is 0. The molecule has 0 saturated carbocycles. The van der Waals surface area contributed by atoms with Crippen molar-refractivity contribution in [3.63, 3.8) is 0 Å². The van der Waals surface area contributed by atoms with Crippen LogP contribution in [0.1, 0.15) is 25.7 Å². The lowest BCUT2D eigenvalue weighted by Crippen LogP contribution is -2.25. The van der Waals surface area contributed by atoms with E-state index in [1.54, 1.807) is 0 Å². The topological polar surface area (TPSA) is 63.3 Å². The largest absolute Gasteiger partial charge is 0.481 e. The first-order valence-corrected chi connectivity index (χ1v) is 3.86. The van der Waals surface area contributed by atoms with Gasteiger partial charge in [-0.1, -0.05) is 11.6 Å². The average molecular weight is 155 g/mol. The molecule has 3 heteroatoms. The van der Waals surface area contributed by atoms with Gasteiger partial charge in [-0.2, -0.15) is 0 Å². The van der Waals surface area contributed by atoms with E-state index in [-0.39, 0.29) is 12.5 Å². The molecule has 1 rings (SSSR count). The molecule has 1 atom stereocenters. The van der Waals surface area contributed by atoms with Crippen molar-refractivity contribution >= 4 is 5.97 Å². The quantitative estimate of drug-likeness (QED) is 0.595. The van der Waals surface area contributed by atoms with Gasteiger partial charge < -0.3 is 10.8 Å². The van der Waals surface area contributed by atoms with Crippen LogP contribution in [0, 0.1) is 0 Å². The van der Waals surface area contributed by atoms with Crippen LogP contribution in [0.4, 0.5) is 0 Å². The summed E-state index contributed by atoms with van der Waals surface area (Å²) in [6.07, 6.45) is 5.29. The second kappa shape index (κ2) is 3.53. The van der Waals surface area contributed by atoms with Gasteiger partial charge in [-0.15, -0.1) is 0 Å². The number of carboxylic acid groups (broad SMARTS) is 1. The van der Waals surface area contributed by atoms with Gasteiger partial charge in [0.05, 0.1) is 6.42 Å². The first-order chi connectivity index (χ1) is 5.20. The second-order valence-corrected chi connectivity index (χ2v) is 2.88. The van der Waals surface area contributed by atoms with Gasteiger partial charge in [0.25, 0.3) is 0 Å². The number of carbonyl (C=O) groups is 1. The standard InChI is InChI=1S/C8H13NO2/c9-7(5-8(10)11)6-3-1-2-4-6/h3,7H,1-2,4-5,9H2,(H,10,11). The first kappa shape index (κ1) is 8.27. The third-order valence-electron chi connectivity index (χ3n) is 1.95. The maximum Gasteiger partial charge on any atom is 0.305 e. The van der Waals surface area contributed by atoms with Crippen molar-refractivity contribution in [3.05, 3.63) is 11.6 Å². The zero-order valence-electron chi connectivity index (χ0n) is 6.42. The van der Waals surface area contributed by atoms with Crippen LogP contribution in [0.2, 0.25) is 0 Å². The minimum absolute atomic E-state index is 0.0613. The van der Waals surface area contributed by atoms with Gasteiger partial charge in [-0.3, -0.25) is 4.79 Å². The summed E-state index contributed by atoms with van der Waals surface area (Å²) in [5, 5.41) is 8.44. The Labute approximate surface area is 65.9 Å². The molecule has 0 saturated heterocycles. The molecule has 0 amide bonds. The Kier molecular flexibility index (Phi) is 2.65. The zero-order chi connectivity index (χ0) is 8.27. The Balaban J connectivity index is 2.40. The smallest absolute Gasteiger partial charge is 0.305 e. The number of hydrogen-bond acceptors (Lipinski definition) is 2. The fraction of sp³-hybridized carbons (Fsp3) is 0.625. The summed E-state index contributed by atoms with van der Waals surface area (Å²) in [5.74, 6) is -0.815. The molecular weight excluding hydrogens is 142 g/mol. The Morgan fingerprint density at radius 1 is 1.82 bits per heavy atom. The van der Waals surface area contributed by atoms with Crippen LogP contribution in [0.3, 0.4) is 0 Å². The van der Waals surface area contributed by atoms with Crippen LogP contribution < -0.4 is 5.73 Å². The molecule has 0 aromatic carbocycles. The SMILES string of the molecule is NC(CC(=O)O)C1=CCCC1. The van der Waals surface area contributed by atoms with Gasteiger partial charge >= 0.3 is 5.97 Å². The molecule has 0 aromatic heterocycles. The second-order valence-electron chi connectivity index (χ2n) is 2.88. The predicted octanol–water partition coefficient (Wildman–Crippen LogP) is 0.899. The number of nitrogens with two attached hydrogens (primary N) is 1. The Hall–Kier alpha value is -0.830. The van der Waals surface area contributed by atoms with Gasteiger partial charge in [0.1, 0.15) is 0 Å². The van der Waals surface area contributed by atoms with Crippen molar-refractivity contribution < 1.29 is 9.90 Å². The van der Waals surface area contributed by atoms with Crippen LogP contribution >= 0.6 is 0 Å². The van der Waals surface area contributed by atoms with Crippen molar-refractivity contribution in [1.29, 1.82) is 0 Å². The maximum absolute atomic E-state index is 10.3. The summed E-state index contributed by atoms with van der Waals surface area (Å²) in [4.78, 5) is 10.3. The molecule has 0 spiro atoms. The van der Waals surface area contributed by atoms with E-state index in [0.717, 1.165) is 24.8 Å². The minimum Gasteiger partial charge on any atom is -0.481 e. The summed E-state index contributed by atoms with van der Waals surface area (Å²) in [5.41, 5.74) is 6.75. The fourth-order valence-electron chi connectivity index (χ4n) is 1.35. The summed E-state index contributed by atoms with van der Waals surface area (Å²) in [6.45, 7) is 0. The molecule has 1 unspecified atom stereocenters. The van der Waals surface area contributed by atoms with E-state index < -0.39 is 5.97 Å². The van der Waals surface area contributed by atoms with Crippen molar-refractivity contribution in [3.8, 4) is 0 Å². The molecule has 0 aliphatic heterocycles. The highest BCUT2D eigenvalue weighted by atomic mass is 16.4. The molecule has 0 radical (unpaired) electrons. The highest BCUT2D eigenvalue weighted by Crippen LogP contribution is 2.20. The van der Waals surface area contributed by atoms with Crippen molar-refractivity contribution in [1.82, 2.24) is 0 Å². The van der Waals surface area contributed by atoms with E-state index in [2.05, 4.69) is 6.08 Å². The van der Waals surface area contributed by atoms with Crippen LogP contribution in [0.25, 0.3) is 0 Å².